The first-order valence-corrected chi connectivity index (χ1v) is 7.46. The predicted molar refractivity (Wildman–Crippen MR) is 76.4 cm³/mol. The Morgan fingerprint density at radius 3 is 2.41 bits per heavy atom. The molecule has 0 saturated heterocycles. The maximum absolute atomic E-state index is 3.62. The van der Waals surface area contributed by atoms with E-state index in [0.29, 0.717) is 6.04 Å². The Morgan fingerprint density at radius 1 is 1.18 bits per heavy atom. The second kappa shape index (κ2) is 7.38. The molecule has 1 unspecified atom stereocenters. The van der Waals surface area contributed by atoms with Gasteiger partial charge in [-0.3, -0.25) is 0 Å². The van der Waals surface area contributed by atoms with E-state index in [1.54, 1.807) is 0 Å². The molecule has 2 heteroatoms. The summed E-state index contributed by atoms with van der Waals surface area (Å²) < 4.78 is 0. The van der Waals surface area contributed by atoms with Crippen molar-refractivity contribution < 1.29 is 0 Å². The molecule has 1 fully saturated rings. The minimum absolute atomic E-state index is 0.236. The summed E-state index contributed by atoms with van der Waals surface area (Å²) in [7, 11) is 0. The molecule has 0 aromatic heterocycles. The Bertz CT molecular complexity index is 190. The van der Waals surface area contributed by atoms with E-state index in [9.17, 15) is 0 Å². The van der Waals surface area contributed by atoms with Gasteiger partial charge in [-0.15, -0.1) is 0 Å². The largest absolute Gasteiger partial charge is 0.313 e. The minimum atomic E-state index is 0.236. The summed E-state index contributed by atoms with van der Waals surface area (Å²) >= 11 is 0. The summed E-state index contributed by atoms with van der Waals surface area (Å²) in [6, 6.07) is 0.581. The van der Waals surface area contributed by atoms with Crippen LogP contribution in [0.2, 0.25) is 0 Å². The highest BCUT2D eigenvalue weighted by Gasteiger charge is 2.14. The number of rotatable bonds is 7. The topological polar surface area (TPSA) is 24.1 Å². The van der Waals surface area contributed by atoms with Gasteiger partial charge < -0.3 is 10.6 Å². The molecule has 0 amide bonds. The molecule has 1 atom stereocenters. The molecule has 1 rings (SSSR count). The molecule has 2 nitrogen and oxygen atoms in total. The van der Waals surface area contributed by atoms with Crippen LogP contribution in [0.15, 0.2) is 0 Å². The molecule has 17 heavy (non-hydrogen) atoms. The maximum Gasteiger partial charge on any atom is 0.0164 e. The van der Waals surface area contributed by atoms with Gasteiger partial charge in [0.1, 0.15) is 0 Å². The van der Waals surface area contributed by atoms with Gasteiger partial charge in [0.05, 0.1) is 0 Å². The van der Waals surface area contributed by atoms with Crippen molar-refractivity contribution in [1.82, 2.24) is 10.6 Å². The van der Waals surface area contributed by atoms with Gasteiger partial charge in [-0.25, -0.2) is 0 Å². The van der Waals surface area contributed by atoms with Crippen molar-refractivity contribution in [1.29, 1.82) is 0 Å². The summed E-state index contributed by atoms with van der Waals surface area (Å²) in [4.78, 5) is 0. The van der Waals surface area contributed by atoms with E-state index in [1.807, 2.05) is 0 Å². The Labute approximate surface area is 108 Å². The van der Waals surface area contributed by atoms with Crippen molar-refractivity contribution in [2.24, 2.45) is 5.92 Å². The van der Waals surface area contributed by atoms with Crippen LogP contribution in [0.4, 0.5) is 0 Å². The van der Waals surface area contributed by atoms with Crippen LogP contribution in [-0.4, -0.2) is 24.7 Å². The molecule has 2 N–H and O–H groups in total. The zero-order chi connectivity index (χ0) is 12.7. The highest BCUT2D eigenvalue weighted by molar-refractivity contribution is 4.74. The van der Waals surface area contributed by atoms with E-state index >= 15 is 0 Å². The summed E-state index contributed by atoms with van der Waals surface area (Å²) in [5.74, 6) is 1.04. The third-order valence-corrected chi connectivity index (χ3v) is 3.70. The van der Waals surface area contributed by atoms with E-state index in [1.165, 1.54) is 45.1 Å². The number of nitrogens with one attached hydrogen (secondary N) is 2. The zero-order valence-electron chi connectivity index (χ0n) is 12.3. The Balaban J connectivity index is 1.94. The molecule has 0 heterocycles. The van der Waals surface area contributed by atoms with E-state index in [-0.39, 0.29) is 5.54 Å². The molecule has 102 valence electrons. The highest BCUT2D eigenvalue weighted by Crippen LogP contribution is 2.28. The molecular formula is C15H32N2. The summed E-state index contributed by atoms with van der Waals surface area (Å²) in [5, 5.41) is 7.16. The van der Waals surface area contributed by atoms with Gasteiger partial charge in [0.2, 0.25) is 0 Å². The van der Waals surface area contributed by atoms with Gasteiger partial charge in [-0.05, 0) is 53.0 Å². The summed E-state index contributed by atoms with van der Waals surface area (Å²) in [6.07, 6.45) is 8.72. The number of hydrogen-bond donors (Lipinski definition) is 2. The van der Waals surface area contributed by atoms with E-state index < -0.39 is 0 Å². The molecule has 0 aromatic rings. The molecule has 1 aliphatic carbocycles. The van der Waals surface area contributed by atoms with Crippen LogP contribution in [0, 0.1) is 5.92 Å². The predicted octanol–water partition coefficient (Wildman–Crippen LogP) is 3.32. The quantitative estimate of drug-likeness (QED) is 0.667. The fraction of sp³-hybridized carbons (Fsp3) is 1.00. The van der Waals surface area contributed by atoms with Gasteiger partial charge in [0.25, 0.3) is 0 Å². The van der Waals surface area contributed by atoms with E-state index in [0.717, 1.165) is 12.5 Å². The summed E-state index contributed by atoms with van der Waals surface area (Å²) in [5.41, 5.74) is 0.236. The Morgan fingerprint density at radius 2 is 1.82 bits per heavy atom. The third kappa shape index (κ3) is 7.77. The first-order chi connectivity index (χ1) is 7.97. The SMILES string of the molecule is CC(CNC(C)(C)C)NCCCC1CCCC1. The zero-order valence-corrected chi connectivity index (χ0v) is 12.3. The van der Waals surface area contributed by atoms with Gasteiger partial charge >= 0.3 is 0 Å². The molecule has 0 aliphatic heterocycles. The summed E-state index contributed by atoms with van der Waals surface area (Å²) in [6.45, 7) is 11.2. The van der Waals surface area contributed by atoms with Gasteiger partial charge in [-0.1, -0.05) is 25.7 Å². The fourth-order valence-electron chi connectivity index (χ4n) is 2.57. The van der Waals surface area contributed by atoms with Crippen LogP contribution in [0.3, 0.4) is 0 Å². The molecule has 0 spiro atoms. The first kappa shape index (κ1) is 15.0. The minimum Gasteiger partial charge on any atom is -0.313 e. The van der Waals surface area contributed by atoms with Crippen molar-refractivity contribution >= 4 is 0 Å². The van der Waals surface area contributed by atoms with Crippen molar-refractivity contribution in [2.75, 3.05) is 13.1 Å². The second-order valence-electron chi connectivity index (χ2n) is 6.78. The van der Waals surface area contributed by atoms with Crippen LogP contribution in [0.5, 0.6) is 0 Å². The van der Waals surface area contributed by atoms with Crippen LogP contribution in [0.1, 0.15) is 66.2 Å². The average Bonchev–Trinajstić information content (AvgIpc) is 2.73. The van der Waals surface area contributed by atoms with E-state index in [4.69, 9.17) is 0 Å². The van der Waals surface area contributed by atoms with Gasteiger partial charge in [-0.2, -0.15) is 0 Å². The average molecular weight is 240 g/mol. The maximum atomic E-state index is 3.62. The lowest BCUT2D eigenvalue weighted by Crippen LogP contribution is -2.44. The van der Waals surface area contributed by atoms with Crippen molar-refractivity contribution in [3.8, 4) is 0 Å². The fourth-order valence-corrected chi connectivity index (χ4v) is 2.57. The van der Waals surface area contributed by atoms with Gasteiger partial charge in [0, 0.05) is 18.1 Å². The van der Waals surface area contributed by atoms with Crippen LogP contribution in [-0.2, 0) is 0 Å². The van der Waals surface area contributed by atoms with Crippen LogP contribution in [0.25, 0.3) is 0 Å². The smallest absolute Gasteiger partial charge is 0.0164 e. The highest BCUT2D eigenvalue weighted by atomic mass is 15.0. The standard InChI is InChI=1S/C15H32N2/c1-13(12-17-15(2,3)4)16-11-7-10-14-8-5-6-9-14/h13-14,16-17H,5-12H2,1-4H3. The third-order valence-electron chi connectivity index (χ3n) is 3.70. The lowest BCUT2D eigenvalue weighted by Gasteiger charge is -2.24. The van der Waals surface area contributed by atoms with Crippen molar-refractivity contribution in [3.05, 3.63) is 0 Å². The monoisotopic (exact) mass is 240 g/mol. The normalized spacial score (nSPS) is 19.8. The molecule has 1 saturated carbocycles. The van der Waals surface area contributed by atoms with Crippen LogP contribution >= 0.6 is 0 Å². The lowest BCUT2D eigenvalue weighted by molar-refractivity contribution is 0.381. The molecule has 0 bridgehead atoms. The molecule has 0 radical (unpaired) electrons. The Kier molecular flexibility index (Phi) is 6.50. The Hall–Kier alpha value is -0.0800. The molecule has 0 aromatic carbocycles. The molecular weight excluding hydrogens is 208 g/mol. The van der Waals surface area contributed by atoms with Crippen molar-refractivity contribution in [2.45, 2.75) is 77.8 Å². The number of hydrogen-bond acceptors (Lipinski definition) is 2. The van der Waals surface area contributed by atoms with E-state index in [2.05, 4.69) is 38.3 Å². The lowest BCUT2D eigenvalue weighted by atomic mass is 10.0. The second-order valence-corrected chi connectivity index (χ2v) is 6.78. The van der Waals surface area contributed by atoms with Gasteiger partial charge in [0.15, 0.2) is 0 Å². The first-order valence-electron chi connectivity index (χ1n) is 7.46. The van der Waals surface area contributed by atoms with Crippen LogP contribution < -0.4 is 10.6 Å². The van der Waals surface area contributed by atoms with Crippen molar-refractivity contribution in [3.63, 3.8) is 0 Å². The molecule has 1 aliphatic rings.